The van der Waals surface area contributed by atoms with Gasteiger partial charge in [0, 0.05) is 0 Å². The third-order valence-electron chi connectivity index (χ3n) is 7.91. The standard InChI is InChI=1S/2C20H15.2ClH.2Zr/c2*1-14-11-17-7-4-8-19(20(17)12-14)18-10-9-15-5-2-3-6-16(15)13-18;;;;/h2*2-13H,1H3;2*1H;;/q2*-1;;;2*+2/p-2. The Balaban J connectivity index is 0.000000220. The molecule has 0 spiro atoms. The van der Waals surface area contributed by atoms with E-state index in [1.807, 2.05) is 0 Å². The maximum absolute atomic E-state index is 2.28. The Morgan fingerprint density at radius 1 is 0.386 bits per heavy atom. The number of rotatable bonds is 2. The molecule has 0 saturated carbocycles. The van der Waals surface area contributed by atoms with Crippen LogP contribution in [-0.4, -0.2) is 0 Å². The zero-order chi connectivity index (χ0) is 27.1. The van der Waals surface area contributed by atoms with Crippen LogP contribution in [0.25, 0.3) is 65.3 Å². The monoisotopic (exact) mass is 760 g/mol. The predicted octanol–water partition coefficient (Wildman–Crippen LogP) is 5.38. The van der Waals surface area contributed by atoms with E-state index in [1.165, 1.54) is 76.5 Å². The van der Waals surface area contributed by atoms with Gasteiger partial charge in [0.1, 0.15) is 0 Å². The molecule has 4 heteroatoms. The van der Waals surface area contributed by atoms with E-state index in [0.717, 1.165) is 0 Å². The van der Waals surface area contributed by atoms with Gasteiger partial charge in [0.05, 0.1) is 0 Å². The van der Waals surface area contributed by atoms with Crippen molar-refractivity contribution in [3.8, 4) is 22.3 Å². The van der Waals surface area contributed by atoms with Crippen LogP contribution in [0.15, 0.2) is 146 Å². The van der Waals surface area contributed by atoms with Gasteiger partial charge >= 0.3 is 52.4 Å². The minimum atomic E-state index is 0. The molecule has 8 rings (SSSR count). The molecule has 0 radical (unpaired) electrons. The SMILES string of the molecule is Cc1cc2c(-c3ccc4ccccc4c3)cccc2[cH-]1.Cc1cc2c(-c3ccc4ccccc4c3)cccc2[cH-]1.[Cl-].[Cl-].[Zr+2].[Zr+2]. The molecular formula is C40H30Cl2Zr2. The average molecular weight is 764 g/mol. The first-order chi connectivity index (χ1) is 19.6. The second-order valence-corrected chi connectivity index (χ2v) is 10.8. The Labute approximate surface area is 310 Å². The van der Waals surface area contributed by atoms with Gasteiger partial charge in [0.15, 0.2) is 0 Å². The van der Waals surface area contributed by atoms with Gasteiger partial charge in [-0.2, -0.15) is 12.1 Å². The Kier molecular flexibility index (Phi) is 12.7. The number of fused-ring (bicyclic) bond motifs is 4. The molecule has 0 aromatic heterocycles. The number of benzene rings is 6. The zero-order valence-electron chi connectivity index (χ0n) is 24.6. The van der Waals surface area contributed by atoms with Gasteiger partial charge < -0.3 is 24.8 Å². The molecule has 0 nitrogen and oxygen atoms in total. The van der Waals surface area contributed by atoms with Crippen LogP contribution >= 0.6 is 0 Å². The van der Waals surface area contributed by atoms with E-state index in [2.05, 4.69) is 159 Å². The van der Waals surface area contributed by atoms with Crippen LogP contribution in [0, 0.1) is 13.8 Å². The molecular weight excluding hydrogens is 734 g/mol. The van der Waals surface area contributed by atoms with Crippen molar-refractivity contribution < 1.29 is 77.2 Å². The normalized spacial score (nSPS) is 10.2. The summed E-state index contributed by atoms with van der Waals surface area (Å²) in [5.74, 6) is 0. The van der Waals surface area contributed by atoms with Crippen molar-refractivity contribution >= 4 is 43.1 Å². The summed E-state index contributed by atoms with van der Waals surface area (Å²) in [5.41, 5.74) is 7.88. The maximum atomic E-state index is 2.28. The molecule has 0 aliphatic heterocycles. The van der Waals surface area contributed by atoms with Crippen LogP contribution in [0.1, 0.15) is 11.1 Å². The molecule has 0 fully saturated rings. The van der Waals surface area contributed by atoms with Crippen molar-refractivity contribution in [1.29, 1.82) is 0 Å². The smallest absolute Gasteiger partial charge is 1.00 e. The number of halogens is 2. The molecule has 0 amide bonds. The van der Waals surface area contributed by atoms with Crippen molar-refractivity contribution in [3.63, 3.8) is 0 Å². The largest absolute Gasteiger partial charge is 2.00 e. The number of aryl methyl sites for hydroxylation is 2. The zero-order valence-corrected chi connectivity index (χ0v) is 31.0. The van der Waals surface area contributed by atoms with Crippen LogP contribution in [0.2, 0.25) is 0 Å². The summed E-state index contributed by atoms with van der Waals surface area (Å²) < 4.78 is 0. The summed E-state index contributed by atoms with van der Waals surface area (Å²) in [5, 5.41) is 10.5. The first kappa shape index (κ1) is 35.9. The Bertz CT molecular complexity index is 2000. The Morgan fingerprint density at radius 3 is 1.18 bits per heavy atom. The number of hydrogen-bond donors (Lipinski definition) is 0. The predicted molar refractivity (Wildman–Crippen MR) is 174 cm³/mol. The van der Waals surface area contributed by atoms with E-state index < -0.39 is 0 Å². The fourth-order valence-corrected chi connectivity index (χ4v) is 5.99. The molecule has 0 aliphatic carbocycles. The van der Waals surface area contributed by atoms with Gasteiger partial charge in [0.2, 0.25) is 0 Å². The van der Waals surface area contributed by atoms with Gasteiger partial charge in [0.25, 0.3) is 0 Å². The fourth-order valence-electron chi connectivity index (χ4n) is 5.99. The van der Waals surface area contributed by atoms with E-state index in [9.17, 15) is 0 Å². The summed E-state index contributed by atoms with van der Waals surface area (Å²) in [7, 11) is 0. The van der Waals surface area contributed by atoms with Crippen LogP contribution in [0.4, 0.5) is 0 Å². The fraction of sp³-hybridized carbons (Fsp3) is 0.0500. The molecule has 0 saturated heterocycles. The van der Waals surface area contributed by atoms with Gasteiger partial charge in [-0.05, 0) is 44.8 Å². The topological polar surface area (TPSA) is 0 Å². The summed E-state index contributed by atoms with van der Waals surface area (Å²) in [6.07, 6.45) is 0. The van der Waals surface area contributed by atoms with Crippen LogP contribution in [0.5, 0.6) is 0 Å². The Morgan fingerprint density at radius 2 is 0.773 bits per heavy atom. The first-order valence-electron chi connectivity index (χ1n) is 13.9. The van der Waals surface area contributed by atoms with Crippen molar-refractivity contribution in [2.75, 3.05) is 0 Å². The van der Waals surface area contributed by atoms with Crippen LogP contribution in [0.3, 0.4) is 0 Å². The summed E-state index contributed by atoms with van der Waals surface area (Å²) in [4.78, 5) is 0. The van der Waals surface area contributed by atoms with Crippen molar-refractivity contribution in [2.24, 2.45) is 0 Å². The molecule has 8 aromatic rings. The third-order valence-corrected chi connectivity index (χ3v) is 7.91. The van der Waals surface area contributed by atoms with Gasteiger partial charge in [-0.15, -0.1) is 69.1 Å². The van der Waals surface area contributed by atoms with E-state index in [0.29, 0.717) is 0 Å². The third kappa shape index (κ3) is 7.27. The van der Waals surface area contributed by atoms with Crippen molar-refractivity contribution in [2.45, 2.75) is 13.8 Å². The van der Waals surface area contributed by atoms with Gasteiger partial charge in [-0.1, -0.05) is 110 Å². The molecule has 0 aliphatic rings. The van der Waals surface area contributed by atoms with Gasteiger partial charge in [-0.25, -0.2) is 0 Å². The van der Waals surface area contributed by atoms with E-state index in [4.69, 9.17) is 0 Å². The molecule has 8 aromatic carbocycles. The minimum Gasteiger partial charge on any atom is -1.00 e. The van der Waals surface area contributed by atoms with Crippen molar-refractivity contribution in [3.05, 3.63) is 157 Å². The van der Waals surface area contributed by atoms with Crippen molar-refractivity contribution in [1.82, 2.24) is 0 Å². The molecule has 0 unspecified atom stereocenters. The molecule has 0 bridgehead atoms. The summed E-state index contributed by atoms with van der Waals surface area (Å²) in [6.45, 7) is 4.31. The summed E-state index contributed by atoms with van der Waals surface area (Å²) in [6, 6.07) is 52.6. The minimum absolute atomic E-state index is 0. The number of hydrogen-bond acceptors (Lipinski definition) is 0. The van der Waals surface area contributed by atoms with Gasteiger partial charge in [-0.3, -0.25) is 0 Å². The van der Waals surface area contributed by atoms with E-state index in [1.54, 1.807) is 0 Å². The molecule has 212 valence electrons. The Hall–Kier alpha value is -2.59. The first-order valence-corrected chi connectivity index (χ1v) is 13.9. The quantitative estimate of drug-likeness (QED) is 0.208. The average Bonchev–Trinajstić information content (AvgIpc) is 3.57. The van der Waals surface area contributed by atoms with E-state index in [-0.39, 0.29) is 77.2 Å². The molecule has 44 heavy (non-hydrogen) atoms. The molecule has 0 heterocycles. The van der Waals surface area contributed by atoms with Crippen LogP contribution in [-0.2, 0) is 52.4 Å². The summed E-state index contributed by atoms with van der Waals surface area (Å²) >= 11 is 0. The molecule has 0 N–H and O–H groups in total. The second kappa shape index (κ2) is 15.6. The second-order valence-electron chi connectivity index (χ2n) is 10.8. The van der Waals surface area contributed by atoms with Crippen LogP contribution < -0.4 is 24.8 Å². The maximum Gasteiger partial charge on any atom is 2.00 e. The van der Waals surface area contributed by atoms with E-state index >= 15 is 0 Å². The molecule has 0 atom stereocenters.